The van der Waals surface area contributed by atoms with Crippen molar-refractivity contribution in [2.45, 2.75) is 99.5 Å². The highest BCUT2D eigenvalue weighted by Crippen LogP contribution is 2.66. The molecule has 26 heavy (non-hydrogen) atoms. The van der Waals surface area contributed by atoms with E-state index in [1.54, 1.807) is 11.1 Å². The largest absolute Gasteiger partial charge is 0.392 e. The third kappa shape index (κ3) is 2.59. The summed E-state index contributed by atoms with van der Waals surface area (Å²) < 4.78 is 0. The molecule has 0 heterocycles. The minimum Gasteiger partial charge on any atom is -0.392 e. The van der Waals surface area contributed by atoms with Crippen molar-refractivity contribution < 1.29 is 5.11 Å². The highest BCUT2D eigenvalue weighted by molar-refractivity contribution is 5.28. The van der Waals surface area contributed by atoms with Gasteiger partial charge in [0.1, 0.15) is 0 Å². The van der Waals surface area contributed by atoms with E-state index in [0.29, 0.717) is 28.6 Å². The van der Waals surface area contributed by atoms with Crippen LogP contribution in [-0.2, 0) is 0 Å². The van der Waals surface area contributed by atoms with Crippen LogP contribution in [0.25, 0.3) is 0 Å². The van der Waals surface area contributed by atoms with Gasteiger partial charge in [-0.2, -0.15) is 0 Å². The molecule has 0 aromatic heterocycles. The van der Waals surface area contributed by atoms with E-state index in [-0.39, 0.29) is 11.5 Å². The Balaban J connectivity index is 1.77. The molecule has 1 nitrogen and oxygen atoms in total. The smallest absolute Gasteiger partial charge is 0.0664 e. The Morgan fingerprint density at radius 3 is 2.23 bits per heavy atom. The molecule has 0 unspecified atom stereocenters. The fraction of sp³-hybridized carbons (Fsp3) is 0.920. The van der Waals surface area contributed by atoms with Crippen LogP contribution in [0.2, 0.25) is 0 Å². The molecule has 148 valence electrons. The second-order valence-electron chi connectivity index (χ2n) is 12.3. The molecular formula is C25H42O. The molecule has 0 aromatic carbocycles. The van der Waals surface area contributed by atoms with E-state index in [1.807, 2.05) is 0 Å². The monoisotopic (exact) mass is 358 g/mol. The van der Waals surface area contributed by atoms with Crippen LogP contribution in [0.4, 0.5) is 0 Å². The van der Waals surface area contributed by atoms with Crippen molar-refractivity contribution in [3.8, 4) is 0 Å². The minimum absolute atomic E-state index is 0.101. The lowest BCUT2D eigenvalue weighted by molar-refractivity contribution is -0.144. The summed E-state index contributed by atoms with van der Waals surface area (Å²) in [5, 5.41) is 11.8. The Bertz CT molecular complexity index is 616. The van der Waals surface area contributed by atoms with Crippen LogP contribution in [0.15, 0.2) is 11.1 Å². The summed E-state index contributed by atoms with van der Waals surface area (Å²) in [4.78, 5) is 0. The van der Waals surface area contributed by atoms with Gasteiger partial charge < -0.3 is 5.11 Å². The zero-order valence-electron chi connectivity index (χ0n) is 18.4. The van der Waals surface area contributed by atoms with Gasteiger partial charge in [0.15, 0.2) is 0 Å². The second-order valence-corrected chi connectivity index (χ2v) is 12.3. The van der Waals surface area contributed by atoms with Crippen LogP contribution in [0, 0.1) is 45.8 Å². The first kappa shape index (κ1) is 19.0. The number of fused-ring (bicyclic) bond motifs is 4. The fourth-order valence-corrected chi connectivity index (χ4v) is 7.78. The Morgan fingerprint density at radius 1 is 0.885 bits per heavy atom. The van der Waals surface area contributed by atoms with E-state index >= 15 is 0 Å². The van der Waals surface area contributed by atoms with E-state index in [9.17, 15) is 5.11 Å². The van der Waals surface area contributed by atoms with Gasteiger partial charge in [0, 0.05) is 5.92 Å². The SMILES string of the molecule is CC1=C2C[C@@H](C)[C@H](C)[C@@H]2[C@@H](O)[C@@]2(C)CC[C@]3(C)CCC(C)(C)C[C@H]3[C@@H]2C1. The Hall–Kier alpha value is -0.300. The number of allylic oxidation sites excluding steroid dienone is 1. The van der Waals surface area contributed by atoms with E-state index < -0.39 is 0 Å². The maximum absolute atomic E-state index is 11.8. The molecule has 0 bridgehead atoms. The van der Waals surface area contributed by atoms with Crippen molar-refractivity contribution in [2.24, 2.45) is 45.8 Å². The fourth-order valence-electron chi connectivity index (χ4n) is 7.78. The van der Waals surface area contributed by atoms with Gasteiger partial charge in [-0.1, -0.05) is 52.7 Å². The van der Waals surface area contributed by atoms with Crippen LogP contribution in [-0.4, -0.2) is 11.2 Å². The molecule has 0 aliphatic heterocycles. The number of rotatable bonds is 0. The predicted octanol–water partition coefficient (Wildman–Crippen LogP) is 6.61. The van der Waals surface area contributed by atoms with Gasteiger partial charge in [0.05, 0.1) is 6.10 Å². The van der Waals surface area contributed by atoms with Gasteiger partial charge in [0.2, 0.25) is 0 Å². The van der Waals surface area contributed by atoms with E-state index in [0.717, 1.165) is 11.8 Å². The zero-order valence-corrected chi connectivity index (χ0v) is 18.4. The van der Waals surface area contributed by atoms with Crippen molar-refractivity contribution >= 4 is 0 Å². The lowest BCUT2D eigenvalue weighted by Crippen LogP contribution is -2.55. The first-order chi connectivity index (χ1) is 12.0. The third-order valence-corrected chi connectivity index (χ3v) is 10.1. The van der Waals surface area contributed by atoms with E-state index in [2.05, 4.69) is 48.5 Å². The van der Waals surface area contributed by atoms with Crippen molar-refractivity contribution in [1.82, 2.24) is 0 Å². The van der Waals surface area contributed by atoms with Crippen LogP contribution in [0.5, 0.6) is 0 Å². The van der Waals surface area contributed by atoms with Crippen molar-refractivity contribution in [3.63, 3.8) is 0 Å². The van der Waals surface area contributed by atoms with Crippen molar-refractivity contribution in [1.29, 1.82) is 0 Å². The number of aliphatic hydroxyl groups is 1. The van der Waals surface area contributed by atoms with Gasteiger partial charge in [-0.05, 0) is 91.8 Å². The van der Waals surface area contributed by atoms with E-state index in [1.165, 1.54) is 44.9 Å². The van der Waals surface area contributed by atoms with Gasteiger partial charge in [0.25, 0.3) is 0 Å². The molecule has 3 saturated carbocycles. The topological polar surface area (TPSA) is 20.2 Å². The number of hydrogen-bond acceptors (Lipinski definition) is 1. The first-order valence-corrected chi connectivity index (χ1v) is 11.4. The van der Waals surface area contributed by atoms with E-state index in [4.69, 9.17) is 0 Å². The van der Waals surface area contributed by atoms with Crippen molar-refractivity contribution in [2.75, 3.05) is 0 Å². The molecule has 4 rings (SSSR count). The van der Waals surface area contributed by atoms with Crippen molar-refractivity contribution in [3.05, 3.63) is 11.1 Å². The summed E-state index contributed by atoms with van der Waals surface area (Å²) in [6.45, 7) is 17.2. The molecule has 0 amide bonds. The average molecular weight is 359 g/mol. The van der Waals surface area contributed by atoms with Gasteiger partial charge >= 0.3 is 0 Å². The summed E-state index contributed by atoms with van der Waals surface area (Å²) in [7, 11) is 0. The normalized spacial score (nSPS) is 53.5. The molecular weight excluding hydrogens is 316 g/mol. The summed E-state index contributed by atoms with van der Waals surface area (Å²) in [6, 6.07) is 0. The Labute approximate surface area is 162 Å². The number of aliphatic hydroxyl groups excluding tert-OH is 1. The Kier molecular flexibility index (Phi) is 4.28. The Morgan fingerprint density at radius 2 is 1.54 bits per heavy atom. The minimum atomic E-state index is -0.144. The molecule has 3 fully saturated rings. The van der Waals surface area contributed by atoms with Gasteiger partial charge in [-0.15, -0.1) is 0 Å². The summed E-state index contributed by atoms with van der Waals surface area (Å²) in [6.07, 6.45) is 9.00. The van der Waals surface area contributed by atoms with Gasteiger partial charge in [-0.3, -0.25) is 0 Å². The average Bonchev–Trinajstić information content (AvgIpc) is 2.83. The lowest BCUT2D eigenvalue weighted by Gasteiger charge is -2.60. The third-order valence-electron chi connectivity index (χ3n) is 10.1. The molecule has 4 aliphatic carbocycles. The quantitative estimate of drug-likeness (QED) is 0.483. The van der Waals surface area contributed by atoms with Crippen LogP contribution in [0.1, 0.15) is 93.4 Å². The van der Waals surface area contributed by atoms with Crippen LogP contribution < -0.4 is 0 Å². The predicted molar refractivity (Wildman–Crippen MR) is 110 cm³/mol. The summed E-state index contributed by atoms with van der Waals surface area (Å²) >= 11 is 0. The zero-order chi connectivity index (χ0) is 19.1. The highest BCUT2D eigenvalue weighted by Gasteiger charge is 2.60. The molecule has 0 aromatic rings. The maximum atomic E-state index is 11.8. The van der Waals surface area contributed by atoms with Gasteiger partial charge in [-0.25, -0.2) is 0 Å². The lowest BCUT2D eigenvalue weighted by atomic mass is 9.45. The first-order valence-electron chi connectivity index (χ1n) is 11.4. The molecule has 0 spiro atoms. The maximum Gasteiger partial charge on any atom is 0.0664 e. The standard InChI is InChI=1S/C25H42O/c1-15-12-18-16(2)13-19-20-14-23(4,5)8-9-24(20,6)10-11-25(19,7)22(26)21(18)17(15)3/h15,17,19-22,26H,8-14H2,1-7H3/t15-,17+,19+,20+,21+,22-,24+,25+/m1/s1. The summed E-state index contributed by atoms with van der Waals surface area (Å²) in [5.74, 6) is 3.21. The summed E-state index contributed by atoms with van der Waals surface area (Å²) in [5.41, 5.74) is 4.36. The molecule has 8 atom stereocenters. The molecule has 4 aliphatic rings. The highest BCUT2D eigenvalue weighted by atomic mass is 16.3. The molecule has 1 N–H and O–H groups in total. The second kappa shape index (κ2) is 5.85. The molecule has 1 heteroatoms. The van der Waals surface area contributed by atoms with Crippen LogP contribution >= 0.6 is 0 Å². The molecule has 0 saturated heterocycles. The number of hydrogen-bond donors (Lipinski definition) is 1. The molecule has 0 radical (unpaired) electrons. The van der Waals surface area contributed by atoms with Crippen LogP contribution in [0.3, 0.4) is 0 Å².